The van der Waals surface area contributed by atoms with Gasteiger partial charge in [-0.25, -0.2) is 0 Å². The first-order valence-electron chi connectivity index (χ1n) is 6.39. The molecule has 108 valence electrons. The Hall–Kier alpha value is -1.63. The van der Waals surface area contributed by atoms with Crippen LogP contribution in [0.1, 0.15) is 19.8 Å². The third-order valence-electron chi connectivity index (χ3n) is 3.17. The maximum atomic E-state index is 12.2. The maximum absolute atomic E-state index is 12.2. The first kappa shape index (κ1) is 15.4. The first-order chi connectivity index (χ1) is 8.91. The lowest BCUT2D eigenvalue weighted by Crippen LogP contribution is -2.56. The number of hydrogen-bond donors (Lipinski definition) is 2. The van der Waals surface area contributed by atoms with Gasteiger partial charge in [0.05, 0.1) is 11.9 Å². The van der Waals surface area contributed by atoms with Crippen LogP contribution >= 0.6 is 0 Å². The number of aliphatic imine (C=N–C) groups is 1. The maximum Gasteiger partial charge on any atom is 0.323 e. The molecule has 1 fully saturated rings. The molecule has 3 N–H and O–H groups in total. The molecule has 7 heteroatoms. The highest BCUT2D eigenvalue weighted by Crippen LogP contribution is 2.14. The van der Waals surface area contributed by atoms with Gasteiger partial charge >= 0.3 is 5.97 Å². The fourth-order valence-electron chi connectivity index (χ4n) is 2.15. The predicted molar refractivity (Wildman–Crippen MR) is 72.0 cm³/mol. The molecule has 0 radical (unpaired) electrons. The van der Waals surface area contributed by atoms with Crippen LogP contribution in [0.3, 0.4) is 0 Å². The van der Waals surface area contributed by atoms with E-state index in [2.05, 4.69) is 4.99 Å². The van der Waals surface area contributed by atoms with Crippen LogP contribution in [-0.4, -0.2) is 71.9 Å². The fraction of sp³-hybridized carbons (Fsp3) is 0.750. The summed E-state index contributed by atoms with van der Waals surface area (Å²) in [6.45, 7) is 3.27. The summed E-state index contributed by atoms with van der Waals surface area (Å²) < 4.78 is 0. The molecule has 1 aliphatic rings. The molecule has 1 heterocycles. The second-order valence-electron chi connectivity index (χ2n) is 4.82. The van der Waals surface area contributed by atoms with E-state index in [4.69, 9.17) is 10.8 Å². The van der Waals surface area contributed by atoms with Crippen molar-refractivity contribution in [3.05, 3.63) is 0 Å². The number of aliphatic carboxylic acids is 1. The number of nitrogens with zero attached hydrogens (tertiary/aromatic N) is 3. The largest absolute Gasteiger partial charge is 0.480 e. The van der Waals surface area contributed by atoms with Crippen molar-refractivity contribution in [1.82, 2.24) is 9.80 Å². The minimum atomic E-state index is -0.972. The van der Waals surface area contributed by atoms with E-state index in [0.717, 1.165) is 6.42 Å². The number of piperazine rings is 1. The minimum Gasteiger partial charge on any atom is -0.480 e. The number of likely N-dealkylation sites (N-methyl/N-ethyl adjacent to an activating group) is 1. The fourth-order valence-corrected chi connectivity index (χ4v) is 2.15. The molecule has 1 saturated heterocycles. The topological polar surface area (TPSA) is 99.2 Å². The van der Waals surface area contributed by atoms with Gasteiger partial charge in [0.25, 0.3) is 0 Å². The number of hydrogen-bond acceptors (Lipinski definition) is 4. The standard InChI is InChI=1S/C12H22N4O3/c1-9(13)14-5-3-4-10-12(19)16(8-11(17)18)7-6-15(10)2/h10H,3-8H2,1-2H3,(H2,13,14)(H,17,18)/t10-/m0/s1. The monoisotopic (exact) mass is 270 g/mol. The molecule has 1 amide bonds. The SMILES string of the molecule is CC(N)=NCCC[C@H]1C(=O)N(CC(=O)O)CCN1C. The van der Waals surface area contributed by atoms with Gasteiger partial charge in [-0.3, -0.25) is 19.5 Å². The van der Waals surface area contributed by atoms with Crippen molar-refractivity contribution in [3.8, 4) is 0 Å². The smallest absolute Gasteiger partial charge is 0.323 e. The lowest BCUT2D eigenvalue weighted by Gasteiger charge is -2.38. The molecule has 0 aromatic heterocycles. The van der Waals surface area contributed by atoms with E-state index in [0.29, 0.717) is 31.9 Å². The zero-order valence-corrected chi connectivity index (χ0v) is 11.5. The van der Waals surface area contributed by atoms with E-state index >= 15 is 0 Å². The molecule has 0 aromatic carbocycles. The molecule has 1 rings (SSSR count). The van der Waals surface area contributed by atoms with Crippen LogP contribution in [0.25, 0.3) is 0 Å². The van der Waals surface area contributed by atoms with Gasteiger partial charge in [-0.05, 0) is 26.8 Å². The minimum absolute atomic E-state index is 0.107. The Morgan fingerprint density at radius 2 is 2.21 bits per heavy atom. The summed E-state index contributed by atoms with van der Waals surface area (Å²) in [7, 11) is 1.89. The van der Waals surface area contributed by atoms with Crippen molar-refractivity contribution >= 4 is 17.7 Å². The van der Waals surface area contributed by atoms with Crippen LogP contribution in [-0.2, 0) is 9.59 Å². The summed E-state index contributed by atoms with van der Waals surface area (Å²) >= 11 is 0. The summed E-state index contributed by atoms with van der Waals surface area (Å²) in [6.07, 6.45) is 1.43. The molecule has 0 spiro atoms. The van der Waals surface area contributed by atoms with Crippen molar-refractivity contribution in [2.75, 3.05) is 33.2 Å². The van der Waals surface area contributed by atoms with Gasteiger partial charge in [0.1, 0.15) is 6.54 Å². The molecular formula is C12H22N4O3. The molecule has 0 aromatic rings. The highest BCUT2D eigenvalue weighted by atomic mass is 16.4. The van der Waals surface area contributed by atoms with E-state index in [1.807, 2.05) is 11.9 Å². The van der Waals surface area contributed by atoms with Crippen LogP contribution in [0.5, 0.6) is 0 Å². The van der Waals surface area contributed by atoms with Gasteiger partial charge in [0.15, 0.2) is 0 Å². The molecule has 0 unspecified atom stereocenters. The van der Waals surface area contributed by atoms with E-state index in [9.17, 15) is 9.59 Å². The second kappa shape index (κ2) is 7.08. The Morgan fingerprint density at radius 1 is 1.53 bits per heavy atom. The Kier molecular flexibility index (Phi) is 5.75. The van der Waals surface area contributed by atoms with Crippen LogP contribution < -0.4 is 5.73 Å². The Bertz CT molecular complexity index is 366. The summed E-state index contributed by atoms with van der Waals surface area (Å²) in [5.74, 6) is -0.541. The quantitative estimate of drug-likeness (QED) is 0.380. The molecule has 1 atom stereocenters. The molecule has 0 saturated carbocycles. The number of carbonyl (C=O) groups excluding carboxylic acids is 1. The van der Waals surface area contributed by atoms with Gasteiger partial charge in [-0.1, -0.05) is 0 Å². The summed E-state index contributed by atoms with van der Waals surface area (Å²) in [4.78, 5) is 30.3. The molecule has 0 bridgehead atoms. The molecule has 0 aliphatic carbocycles. The number of rotatable bonds is 6. The normalized spacial score (nSPS) is 21.8. The Labute approximate surface area is 113 Å². The zero-order valence-electron chi connectivity index (χ0n) is 11.5. The summed E-state index contributed by atoms with van der Waals surface area (Å²) in [5.41, 5.74) is 5.44. The number of amides is 1. The van der Waals surface area contributed by atoms with Crippen LogP contribution in [0.15, 0.2) is 4.99 Å². The van der Waals surface area contributed by atoms with E-state index in [1.54, 1.807) is 6.92 Å². The van der Waals surface area contributed by atoms with E-state index in [-0.39, 0.29) is 18.5 Å². The second-order valence-corrected chi connectivity index (χ2v) is 4.82. The Balaban J connectivity index is 2.51. The molecular weight excluding hydrogens is 248 g/mol. The van der Waals surface area contributed by atoms with Crippen molar-refractivity contribution in [1.29, 1.82) is 0 Å². The molecule has 7 nitrogen and oxygen atoms in total. The van der Waals surface area contributed by atoms with Gasteiger partial charge in [0, 0.05) is 19.6 Å². The first-order valence-corrected chi connectivity index (χ1v) is 6.39. The van der Waals surface area contributed by atoms with Crippen molar-refractivity contribution in [2.45, 2.75) is 25.8 Å². The van der Waals surface area contributed by atoms with Gasteiger partial charge < -0.3 is 15.7 Å². The number of carboxylic acids is 1. The molecule has 19 heavy (non-hydrogen) atoms. The van der Waals surface area contributed by atoms with Crippen molar-refractivity contribution in [3.63, 3.8) is 0 Å². The van der Waals surface area contributed by atoms with Crippen LogP contribution in [0.2, 0.25) is 0 Å². The van der Waals surface area contributed by atoms with Gasteiger partial charge in [-0.15, -0.1) is 0 Å². The van der Waals surface area contributed by atoms with E-state index in [1.165, 1.54) is 4.90 Å². The highest BCUT2D eigenvalue weighted by molar-refractivity contribution is 5.86. The number of carboxylic acid groups (broad SMARTS) is 1. The predicted octanol–water partition coefficient (Wildman–Crippen LogP) is -0.629. The Morgan fingerprint density at radius 3 is 2.79 bits per heavy atom. The number of nitrogens with two attached hydrogens (primary N) is 1. The van der Waals surface area contributed by atoms with Gasteiger partial charge in [0.2, 0.25) is 5.91 Å². The van der Waals surface area contributed by atoms with Gasteiger partial charge in [-0.2, -0.15) is 0 Å². The number of carbonyl (C=O) groups is 2. The third kappa shape index (κ3) is 4.86. The lowest BCUT2D eigenvalue weighted by molar-refractivity contribution is -0.150. The lowest BCUT2D eigenvalue weighted by atomic mass is 10.1. The summed E-state index contributed by atoms with van der Waals surface area (Å²) in [6, 6.07) is -0.249. The summed E-state index contributed by atoms with van der Waals surface area (Å²) in [5, 5.41) is 8.77. The van der Waals surface area contributed by atoms with Crippen molar-refractivity contribution < 1.29 is 14.7 Å². The average molecular weight is 270 g/mol. The number of amidine groups is 1. The third-order valence-corrected chi connectivity index (χ3v) is 3.17. The van der Waals surface area contributed by atoms with E-state index < -0.39 is 5.97 Å². The van der Waals surface area contributed by atoms with Crippen molar-refractivity contribution in [2.24, 2.45) is 10.7 Å². The van der Waals surface area contributed by atoms with Crippen LogP contribution in [0, 0.1) is 0 Å². The zero-order chi connectivity index (χ0) is 14.4. The highest BCUT2D eigenvalue weighted by Gasteiger charge is 2.32. The van der Waals surface area contributed by atoms with Crippen LogP contribution in [0.4, 0.5) is 0 Å². The average Bonchev–Trinajstić information content (AvgIpc) is 2.31. The molecule has 1 aliphatic heterocycles.